The number of aromatic nitrogens is 2. The van der Waals surface area contributed by atoms with Crippen molar-refractivity contribution in [2.45, 2.75) is 18.4 Å². The Labute approximate surface area is 187 Å². The third-order valence-corrected chi connectivity index (χ3v) is 7.68. The number of benzene rings is 2. The molecular weight excluding hydrogens is 426 g/mol. The first-order chi connectivity index (χ1) is 15.1. The Hall–Kier alpha value is -3.03. The predicted molar refractivity (Wildman–Crippen MR) is 128 cm³/mol. The summed E-state index contributed by atoms with van der Waals surface area (Å²) in [6, 6.07) is 16.2. The summed E-state index contributed by atoms with van der Waals surface area (Å²) < 4.78 is 11.4. The highest BCUT2D eigenvalue weighted by Crippen LogP contribution is 2.44. The second-order valence-corrected chi connectivity index (χ2v) is 9.39. The van der Waals surface area contributed by atoms with Crippen molar-refractivity contribution < 1.29 is 8.98 Å². The minimum Gasteiger partial charge on any atom is -0.398 e. The van der Waals surface area contributed by atoms with Gasteiger partial charge >= 0.3 is 5.89 Å². The number of fused-ring (bicyclic) bond motifs is 2. The van der Waals surface area contributed by atoms with Crippen molar-refractivity contribution >= 4 is 52.0 Å². The number of para-hydroxylation sites is 3. The third kappa shape index (κ3) is 3.43. The molecule has 2 aromatic heterocycles. The maximum atomic E-state index is 13.0. The topological polar surface area (TPSA) is 42.3 Å². The van der Waals surface area contributed by atoms with Gasteiger partial charge in [-0.15, -0.1) is 11.3 Å². The summed E-state index contributed by atoms with van der Waals surface area (Å²) in [5.74, 6) is 0.719. The van der Waals surface area contributed by atoms with Crippen LogP contribution in [0.15, 0.2) is 73.7 Å². The minimum absolute atomic E-state index is 0.0255. The molecule has 0 radical (unpaired) electrons. The molecule has 7 heteroatoms. The molecule has 2 aromatic carbocycles. The Morgan fingerprint density at radius 1 is 1.10 bits per heavy atom. The summed E-state index contributed by atoms with van der Waals surface area (Å²) in [5, 5.41) is 1.10. The van der Waals surface area contributed by atoms with E-state index in [4.69, 9.17) is 4.42 Å². The molecule has 0 atom stereocenters. The van der Waals surface area contributed by atoms with Gasteiger partial charge in [-0.2, -0.15) is 4.57 Å². The van der Waals surface area contributed by atoms with Crippen molar-refractivity contribution in [3.05, 3.63) is 85.1 Å². The lowest BCUT2D eigenvalue weighted by Crippen LogP contribution is -2.33. The van der Waals surface area contributed by atoms with Gasteiger partial charge in [-0.3, -0.25) is 9.36 Å². The molecule has 3 heterocycles. The second kappa shape index (κ2) is 7.90. The second-order valence-electron chi connectivity index (χ2n) is 7.27. The average molecular weight is 449 g/mol. The number of hydrogen-bond acceptors (Lipinski definition) is 5. The Morgan fingerprint density at radius 2 is 1.87 bits per heavy atom. The molecule has 0 unspecified atom stereocenters. The highest BCUT2D eigenvalue weighted by molar-refractivity contribution is 8.03. The Morgan fingerprint density at radius 3 is 2.65 bits per heavy atom. The van der Waals surface area contributed by atoms with Crippen LogP contribution < -0.4 is 24.2 Å². The Kier molecular flexibility index (Phi) is 5.08. The fraction of sp³-hybridized carbons (Fsp3) is 0.167. The van der Waals surface area contributed by atoms with Crippen molar-refractivity contribution in [2.75, 3.05) is 11.9 Å². The first-order valence-electron chi connectivity index (χ1n) is 10.1. The van der Waals surface area contributed by atoms with Crippen molar-refractivity contribution in [1.29, 1.82) is 0 Å². The number of anilines is 1. The summed E-state index contributed by atoms with van der Waals surface area (Å²) in [4.78, 5) is 16.4. The van der Waals surface area contributed by atoms with Crippen LogP contribution in [0.1, 0.15) is 12.8 Å². The van der Waals surface area contributed by atoms with Crippen LogP contribution in [0.5, 0.6) is 0 Å². The molecule has 5 rings (SSSR count). The minimum atomic E-state index is 0.0255. The lowest BCUT2D eigenvalue weighted by molar-refractivity contribution is -0.652. The van der Waals surface area contributed by atoms with Crippen molar-refractivity contribution in [3.8, 4) is 0 Å². The van der Waals surface area contributed by atoms with Gasteiger partial charge in [0.05, 0.1) is 21.3 Å². The van der Waals surface area contributed by atoms with Crippen molar-refractivity contribution in [1.82, 2.24) is 4.57 Å². The molecule has 1 aliphatic heterocycles. The van der Waals surface area contributed by atoms with Gasteiger partial charge < -0.3 is 9.32 Å². The first-order valence-corrected chi connectivity index (χ1v) is 11.7. The molecule has 0 saturated heterocycles. The molecule has 31 heavy (non-hydrogen) atoms. The molecule has 0 bridgehead atoms. The van der Waals surface area contributed by atoms with Crippen LogP contribution >= 0.6 is 23.1 Å². The molecule has 0 aliphatic carbocycles. The summed E-state index contributed by atoms with van der Waals surface area (Å²) >= 11 is 3.20. The number of thiazole rings is 1. The normalized spacial score (nSPS) is 16.1. The van der Waals surface area contributed by atoms with Crippen LogP contribution in [0, 0.1) is 0 Å². The fourth-order valence-electron chi connectivity index (χ4n) is 3.72. The zero-order chi connectivity index (χ0) is 21.5. The molecule has 156 valence electrons. The molecular formula is C24H22N3O2S2+. The molecule has 4 aromatic rings. The Balaban J connectivity index is 1.59. The highest BCUT2D eigenvalue weighted by atomic mass is 32.2. The molecule has 0 amide bonds. The zero-order valence-electron chi connectivity index (χ0n) is 17.5. The largest absolute Gasteiger partial charge is 0.398 e. The molecule has 5 nitrogen and oxygen atoms in total. The quantitative estimate of drug-likeness (QED) is 0.452. The summed E-state index contributed by atoms with van der Waals surface area (Å²) in [5.41, 5.74) is 3.07. The van der Waals surface area contributed by atoms with E-state index in [-0.39, 0.29) is 5.56 Å². The van der Waals surface area contributed by atoms with E-state index in [1.807, 2.05) is 73.2 Å². The number of nitrogens with zero attached hydrogens (tertiary/aromatic N) is 3. The standard InChI is InChI=1S/C24H22N3O2S2/c1-4-27-23(15-21-25(2)16-9-5-7-11-18(16)29-21)31-20(24(27)28)13-14-22-26(3)17-10-6-8-12-19(17)30-22/h5-15H,4H2,1-3H3/q+1. The Bertz CT molecular complexity index is 1510. The van der Waals surface area contributed by atoms with Crippen molar-refractivity contribution in [3.63, 3.8) is 0 Å². The van der Waals surface area contributed by atoms with Crippen LogP contribution in [0.3, 0.4) is 0 Å². The number of allylic oxidation sites excluding steroid dienone is 1. The average Bonchev–Trinajstić information content (AvgIpc) is 3.39. The van der Waals surface area contributed by atoms with Gasteiger partial charge in [-0.05, 0) is 37.3 Å². The number of rotatable bonds is 3. The van der Waals surface area contributed by atoms with E-state index in [1.165, 1.54) is 21.9 Å². The predicted octanol–water partition coefficient (Wildman–Crippen LogP) is 3.19. The van der Waals surface area contributed by atoms with E-state index in [2.05, 4.69) is 24.1 Å². The first kappa shape index (κ1) is 19.9. The molecule has 0 saturated carbocycles. The monoisotopic (exact) mass is 448 g/mol. The number of aryl methyl sites for hydroxylation is 1. The van der Waals surface area contributed by atoms with E-state index >= 15 is 0 Å². The van der Waals surface area contributed by atoms with Crippen LogP contribution in [-0.4, -0.2) is 11.6 Å². The van der Waals surface area contributed by atoms with Gasteiger partial charge in [-0.1, -0.05) is 36.0 Å². The highest BCUT2D eigenvalue weighted by Gasteiger charge is 2.20. The van der Waals surface area contributed by atoms with E-state index in [0.29, 0.717) is 11.1 Å². The number of thioether (sulfide) groups is 1. The SMILES string of the molecule is CCn1c(=Cc2oc3ccccc3[n+]2C)sc(=CC=C2Sc3ccccc3N2C)c1=O. The van der Waals surface area contributed by atoms with Crippen molar-refractivity contribution in [2.24, 2.45) is 7.05 Å². The maximum absolute atomic E-state index is 13.0. The summed E-state index contributed by atoms with van der Waals surface area (Å²) in [6.07, 6.45) is 5.91. The van der Waals surface area contributed by atoms with E-state index in [0.717, 1.165) is 26.7 Å². The van der Waals surface area contributed by atoms with Gasteiger partial charge in [0.1, 0.15) is 11.7 Å². The van der Waals surface area contributed by atoms with E-state index < -0.39 is 0 Å². The third-order valence-electron chi connectivity index (χ3n) is 5.42. The maximum Gasteiger partial charge on any atom is 0.376 e. The zero-order valence-corrected chi connectivity index (χ0v) is 19.2. The van der Waals surface area contributed by atoms with E-state index in [1.54, 1.807) is 16.3 Å². The van der Waals surface area contributed by atoms with Gasteiger partial charge in [0.25, 0.3) is 11.1 Å². The van der Waals surface area contributed by atoms with Gasteiger partial charge in [0.2, 0.25) is 5.58 Å². The molecule has 0 N–H and O–H groups in total. The van der Waals surface area contributed by atoms with E-state index in [9.17, 15) is 4.79 Å². The molecule has 0 fully saturated rings. The lowest BCUT2D eigenvalue weighted by atomic mass is 10.3. The summed E-state index contributed by atoms with van der Waals surface area (Å²) in [7, 11) is 4.03. The summed E-state index contributed by atoms with van der Waals surface area (Å²) in [6.45, 7) is 2.60. The van der Waals surface area contributed by atoms with Gasteiger partial charge in [-0.25, -0.2) is 0 Å². The van der Waals surface area contributed by atoms with Gasteiger partial charge in [0.15, 0.2) is 0 Å². The number of hydrogen-bond donors (Lipinski definition) is 0. The lowest BCUT2D eigenvalue weighted by Gasteiger charge is -2.12. The smallest absolute Gasteiger partial charge is 0.376 e. The van der Waals surface area contributed by atoms with Crippen LogP contribution in [0.25, 0.3) is 23.3 Å². The van der Waals surface area contributed by atoms with Gasteiger partial charge in [0, 0.05) is 24.6 Å². The number of oxazole rings is 1. The molecule has 1 aliphatic rings. The van der Waals surface area contributed by atoms with Crippen LogP contribution in [0.2, 0.25) is 0 Å². The van der Waals surface area contributed by atoms with Crippen LogP contribution in [-0.2, 0) is 13.6 Å². The molecule has 0 spiro atoms. The fourth-order valence-corrected chi connectivity index (χ4v) is 5.82. The van der Waals surface area contributed by atoms with Crippen LogP contribution in [0.4, 0.5) is 5.69 Å².